The average Bonchev–Trinajstić information content (AvgIpc) is 2.79. The van der Waals surface area contributed by atoms with Crippen molar-refractivity contribution < 1.29 is 14.6 Å². The van der Waals surface area contributed by atoms with Gasteiger partial charge in [-0.2, -0.15) is 0 Å². The Bertz CT molecular complexity index is 635. The van der Waals surface area contributed by atoms with Gasteiger partial charge in [-0.3, -0.25) is 0 Å². The van der Waals surface area contributed by atoms with Gasteiger partial charge in [0.2, 0.25) is 0 Å². The third-order valence-corrected chi connectivity index (χ3v) is 3.90. The first-order chi connectivity index (χ1) is 9.27. The first-order valence-electron chi connectivity index (χ1n) is 6.39. The summed E-state index contributed by atoms with van der Waals surface area (Å²) in [7, 11) is 0. The fourth-order valence-electron chi connectivity index (χ4n) is 1.92. The van der Waals surface area contributed by atoms with E-state index in [1.807, 2.05) is 19.1 Å². The summed E-state index contributed by atoms with van der Waals surface area (Å²) in [6.07, 6.45) is 0. The molecule has 1 aromatic heterocycles. The molecule has 0 fully saturated rings. The lowest BCUT2D eigenvalue weighted by Gasteiger charge is -2.22. The van der Waals surface area contributed by atoms with E-state index in [2.05, 4.69) is 26.8 Å². The SMILES string of the molecule is Cc1ccc(Oc2ccc(C(=O)O)s2)c(C(C)(C)C)c1. The number of ether oxygens (including phenoxy) is 1. The average molecular weight is 290 g/mol. The van der Waals surface area contributed by atoms with Gasteiger partial charge < -0.3 is 9.84 Å². The highest BCUT2D eigenvalue weighted by molar-refractivity contribution is 7.15. The van der Waals surface area contributed by atoms with Crippen molar-refractivity contribution in [1.29, 1.82) is 0 Å². The Morgan fingerprint density at radius 2 is 1.90 bits per heavy atom. The van der Waals surface area contributed by atoms with Gasteiger partial charge in [-0.1, -0.05) is 49.8 Å². The minimum Gasteiger partial charge on any atom is -0.477 e. The number of rotatable bonds is 3. The van der Waals surface area contributed by atoms with Crippen LogP contribution in [0.15, 0.2) is 30.3 Å². The number of carbonyl (C=O) groups is 1. The molecule has 0 bridgehead atoms. The van der Waals surface area contributed by atoms with Crippen LogP contribution in [0.1, 0.15) is 41.6 Å². The van der Waals surface area contributed by atoms with Crippen molar-refractivity contribution in [1.82, 2.24) is 0 Å². The molecule has 0 aliphatic rings. The highest BCUT2D eigenvalue weighted by atomic mass is 32.1. The van der Waals surface area contributed by atoms with Gasteiger partial charge in [0.1, 0.15) is 10.6 Å². The monoisotopic (exact) mass is 290 g/mol. The summed E-state index contributed by atoms with van der Waals surface area (Å²) in [6.45, 7) is 8.44. The first-order valence-corrected chi connectivity index (χ1v) is 7.21. The lowest BCUT2D eigenvalue weighted by Crippen LogP contribution is -2.12. The zero-order valence-corrected chi connectivity index (χ0v) is 12.9. The Morgan fingerprint density at radius 3 is 2.45 bits per heavy atom. The fourth-order valence-corrected chi connectivity index (χ4v) is 2.62. The van der Waals surface area contributed by atoms with Crippen LogP contribution in [0.5, 0.6) is 10.8 Å². The number of thiophene rings is 1. The lowest BCUT2D eigenvalue weighted by molar-refractivity contribution is 0.0702. The van der Waals surface area contributed by atoms with Crippen molar-refractivity contribution in [2.45, 2.75) is 33.1 Å². The van der Waals surface area contributed by atoms with Crippen molar-refractivity contribution in [3.63, 3.8) is 0 Å². The molecule has 0 spiro atoms. The Labute approximate surface area is 122 Å². The smallest absolute Gasteiger partial charge is 0.345 e. The molecular formula is C16H18O3S. The topological polar surface area (TPSA) is 46.5 Å². The predicted molar refractivity (Wildman–Crippen MR) is 81.2 cm³/mol. The van der Waals surface area contributed by atoms with Crippen molar-refractivity contribution in [2.24, 2.45) is 0 Å². The third kappa shape index (κ3) is 3.20. The van der Waals surface area contributed by atoms with Gasteiger partial charge in [0, 0.05) is 5.56 Å². The molecule has 0 radical (unpaired) electrons. The standard InChI is InChI=1S/C16H18O3S/c1-10-5-6-12(11(9-10)16(2,3)4)19-14-8-7-13(20-14)15(17)18/h5-9H,1-4H3,(H,17,18). The van der Waals surface area contributed by atoms with Crippen LogP contribution < -0.4 is 4.74 Å². The number of aryl methyl sites for hydroxylation is 1. The number of benzene rings is 1. The van der Waals surface area contributed by atoms with E-state index in [0.717, 1.165) is 22.6 Å². The summed E-state index contributed by atoms with van der Waals surface area (Å²) in [6, 6.07) is 9.31. The summed E-state index contributed by atoms with van der Waals surface area (Å²) in [5.74, 6) is -0.147. The van der Waals surface area contributed by atoms with Crippen LogP contribution in [0.4, 0.5) is 0 Å². The molecule has 1 heterocycles. The lowest BCUT2D eigenvalue weighted by atomic mass is 9.85. The number of carboxylic acids is 1. The molecule has 4 heteroatoms. The minimum atomic E-state index is -0.926. The van der Waals surface area contributed by atoms with Gasteiger partial charge in [0.25, 0.3) is 0 Å². The molecular weight excluding hydrogens is 272 g/mol. The van der Waals surface area contributed by atoms with E-state index in [1.165, 1.54) is 5.56 Å². The van der Waals surface area contributed by atoms with Gasteiger partial charge in [0.05, 0.1) is 0 Å². The number of hydrogen-bond acceptors (Lipinski definition) is 3. The van der Waals surface area contributed by atoms with Crippen molar-refractivity contribution in [3.05, 3.63) is 46.3 Å². The molecule has 0 aliphatic carbocycles. The largest absolute Gasteiger partial charge is 0.477 e. The molecule has 20 heavy (non-hydrogen) atoms. The minimum absolute atomic E-state index is 0.0335. The number of hydrogen-bond donors (Lipinski definition) is 1. The molecule has 0 saturated carbocycles. The highest BCUT2D eigenvalue weighted by Crippen LogP contribution is 2.37. The molecule has 0 amide bonds. The van der Waals surface area contributed by atoms with Crippen LogP contribution in [0.3, 0.4) is 0 Å². The van der Waals surface area contributed by atoms with E-state index in [0.29, 0.717) is 5.06 Å². The van der Waals surface area contributed by atoms with Crippen LogP contribution in [0.25, 0.3) is 0 Å². The van der Waals surface area contributed by atoms with E-state index >= 15 is 0 Å². The summed E-state index contributed by atoms with van der Waals surface area (Å²) >= 11 is 1.14. The fraction of sp³-hybridized carbons (Fsp3) is 0.312. The molecule has 0 unspecified atom stereocenters. The van der Waals surface area contributed by atoms with E-state index in [4.69, 9.17) is 9.84 Å². The summed E-state index contributed by atoms with van der Waals surface area (Å²) in [5, 5.41) is 9.53. The third-order valence-electron chi connectivity index (χ3n) is 2.95. The second kappa shape index (κ2) is 5.29. The van der Waals surface area contributed by atoms with Crippen LogP contribution in [-0.4, -0.2) is 11.1 Å². The van der Waals surface area contributed by atoms with Crippen LogP contribution in [0.2, 0.25) is 0 Å². The van der Waals surface area contributed by atoms with Gasteiger partial charge in [0.15, 0.2) is 5.06 Å². The molecule has 2 rings (SSSR count). The van der Waals surface area contributed by atoms with Crippen molar-refractivity contribution in [2.75, 3.05) is 0 Å². The zero-order chi connectivity index (χ0) is 14.9. The number of carboxylic acid groups (broad SMARTS) is 1. The maximum absolute atomic E-state index is 10.9. The molecule has 1 N–H and O–H groups in total. The number of aromatic carboxylic acids is 1. The molecule has 0 aliphatic heterocycles. The Kier molecular flexibility index (Phi) is 3.86. The van der Waals surface area contributed by atoms with E-state index in [1.54, 1.807) is 12.1 Å². The van der Waals surface area contributed by atoms with Crippen molar-refractivity contribution >= 4 is 17.3 Å². The van der Waals surface area contributed by atoms with Gasteiger partial charge in [-0.15, -0.1) is 0 Å². The highest BCUT2D eigenvalue weighted by Gasteiger charge is 2.20. The Balaban J connectivity index is 2.35. The van der Waals surface area contributed by atoms with Crippen LogP contribution in [0, 0.1) is 6.92 Å². The predicted octanol–water partition coefficient (Wildman–Crippen LogP) is 4.84. The zero-order valence-electron chi connectivity index (χ0n) is 12.1. The summed E-state index contributed by atoms with van der Waals surface area (Å²) < 4.78 is 5.88. The Hall–Kier alpha value is -1.81. The van der Waals surface area contributed by atoms with E-state index < -0.39 is 5.97 Å². The maximum atomic E-state index is 10.9. The first kappa shape index (κ1) is 14.6. The quantitative estimate of drug-likeness (QED) is 0.879. The molecule has 0 saturated heterocycles. The molecule has 106 valence electrons. The summed E-state index contributed by atoms with van der Waals surface area (Å²) in [5.41, 5.74) is 2.26. The van der Waals surface area contributed by atoms with Gasteiger partial charge in [-0.25, -0.2) is 4.79 Å². The normalized spacial score (nSPS) is 11.4. The molecule has 3 nitrogen and oxygen atoms in total. The second-order valence-corrected chi connectivity index (χ2v) is 6.82. The van der Waals surface area contributed by atoms with Crippen LogP contribution in [-0.2, 0) is 5.41 Å². The molecule has 2 aromatic rings. The van der Waals surface area contributed by atoms with E-state index in [9.17, 15) is 4.79 Å². The second-order valence-electron chi connectivity index (χ2n) is 5.78. The van der Waals surface area contributed by atoms with Crippen molar-refractivity contribution in [3.8, 4) is 10.8 Å². The molecule has 1 aromatic carbocycles. The summed E-state index contributed by atoms with van der Waals surface area (Å²) in [4.78, 5) is 11.2. The maximum Gasteiger partial charge on any atom is 0.345 e. The Morgan fingerprint density at radius 1 is 1.20 bits per heavy atom. The van der Waals surface area contributed by atoms with Gasteiger partial charge in [-0.05, 0) is 30.5 Å². The van der Waals surface area contributed by atoms with Gasteiger partial charge >= 0.3 is 5.97 Å². The van der Waals surface area contributed by atoms with Crippen LogP contribution >= 0.6 is 11.3 Å². The molecule has 0 atom stereocenters. The van der Waals surface area contributed by atoms with E-state index in [-0.39, 0.29) is 10.3 Å².